The lowest BCUT2D eigenvalue weighted by atomic mass is 10.1. The first-order valence-corrected chi connectivity index (χ1v) is 9.42. The Morgan fingerprint density at radius 2 is 1.58 bits per heavy atom. The minimum absolute atomic E-state index is 0.0737. The maximum Gasteiger partial charge on any atom is 0.218 e. The fraction of sp³-hybridized carbons (Fsp3) is 0.0476. The summed E-state index contributed by atoms with van der Waals surface area (Å²) < 4.78 is 5.47. The Kier molecular flexibility index (Phi) is 7.51. The standard InChI is InChI=1S/C21H18O3S2/c1-4-20(22)26-19-11-7-17(8-12-19)16-5-9-18(10-6-16)24-13-14-25-21(23)15(2)3/h4-14H,1-2H2,3H3/b14-13-. The van der Waals surface area contributed by atoms with Gasteiger partial charge in [-0.2, -0.15) is 0 Å². The summed E-state index contributed by atoms with van der Waals surface area (Å²) in [6.45, 7) is 8.72. The Balaban J connectivity index is 1.95. The van der Waals surface area contributed by atoms with Crippen molar-refractivity contribution in [2.75, 3.05) is 0 Å². The van der Waals surface area contributed by atoms with Crippen molar-refractivity contribution in [2.24, 2.45) is 0 Å². The van der Waals surface area contributed by atoms with Gasteiger partial charge in [-0.25, -0.2) is 0 Å². The van der Waals surface area contributed by atoms with Crippen LogP contribution in [0.5, 0.6) is 5.75 Å². The molecular weight excluding hydrogens is 364 g/mol. The van der Waals surface area contributed by atoms with Crippen LogP contribution in [-0.2, 0) is 9.59 Å². The lowest BCUT2D eigenvalue weighted by Gasteiger charge is -2.05. The molecule has 26 heavy (non-hydrogen) atoms. The van der Waals surface area contributed by atoms with Crippen LogP contribution in [0.2, 0.25) is 0 Å². The molecule has 0 saturated heterocycles. The van der Waals surface area contributed by atoms with Crippen molar-refractivity contribution in [1.29, 1.82) is 0 Å². The van der Waals surface area contributed by atoms with Crippen LogP contribution in [0.25, 0.3) is 11.1 Å². The number of ether oxygens (including phenoxy) is 1. The first-order chi connectivity index (χ1) is 12.5. The predicted octanol–water partition coefficient (Wildman–Crippen LogP) is 5.84. The van der Waals surface area contributed by atoms with Gasteiger partial charge in [-0.1, -0.05) is 49.2 Å². The SMILES string of the molecule is C=CC(=O)Sc1ccc(-c2ccc(O/C=C\SC(=O)C(=C)C)cc2)cc1. The third-order valence-corrected chi connectivity index (χ3v) is 4.90. The normalized spacial score (nSPS) is 10.5. The zero-order chi connectivity index (χ0) is 18.9. The van der Waals surface area contributed by atoms with Crippen LogP contribution in [0.4, 0.5) is 0 Å². The fourth-order valence-corrected chi connectivity index (χ4v) is 2.92. The van der Waals surface area contributed by atoms with Gasteiger partial charge in [-0.15, -0.1) is 0 Å². The highest BCUT2D eigenvalue weighted by atomic mass is 32.2. The highest BCUT2D eigenvalue weighted by Crippen LogP contribution is 2.26. The zero-order valence-electron chi connectivity index (χ0n) is 14.3. The Bertz CT molecular complexity index is 835. The molecule has 2 aromatic carbocycles. The predicted molar refractivity (Wildman–Crippen MR) is 110 cm³/mol. The number of hydrogen-bond acceptors (Lipinski definition) is 5. The minimum atomic E-state index is -0.0865. The second-order valence-corrected chi connectivity index (χ2v) is 7.21. The van der Waals surface area contributed by atoms with Crippen LogP contribution in [0.3, 0.4) is 0 Å². The summed E-state index contributed by atoms with van der Waals surface area (Å²) in [7, 11) is 0. The number of hydrogen-bond donors (Lipinski definition) is 0. The maximum absolute atomic E-state index is 11.4. The zero-order valence-corrected chi connectivity index (χ0v) is 15.9. The summed E-state index contributed by atoms with van der Waals surface area (Å²) >= 11 is 2.18. The van der Waals surface area contributed by atoms with Crippen molar-refractivity contribution in [2.45, 2.75) is 11.8 Å². The third kappa shape index (κ3) is 6.10. The molecule has 0 saturated carbocycles. The molecule has 0 unspecified atom stereocenters. The molecule has 0 heterocycles. The van der Waals surface area contributed by atoms with Crippen LogP contribution in [-0.4, -0.2) is 10.2 Å². The summed E-state index contributed by atoms with van der Waals surface area (Å²) in [6, 6.07) is 15.4. The van der Waals surface area contributed by atoms with E-state index in [1.807, 2.05) is 48.5 Å². The van der Waals surface area contributed by atoms with E-state index in [4.69, 9.17) is 4.74 Å². The molecule has 0 bridgehead atoms. The molecule has 0 aromatic heterocycles. The minimum Gasteiger partial charge on any atom is -0.464 e. The van der Waals surface area contributed by atoms with Gasteiger partial charge in [0, 0.05) is 10.3 Å². The average Bonchev–Trinajstić information content (AvgIpc) is 2.66. The molecule has 0 amide bonds. The van der Waals surface area contributed by atoms with Gasteiger partial charge < -0.3 is 4.74 Å². The molecule has 0 radical (unpaired) electrons. The van der Waals surface area contributed by atoms with Crippen LogP contribution in [0.15, 0.2) is 89.9 Å². The maximum atomic E-state index is 11.4. The molecule has 3 nitrogen and oxygen atoms in total. The molecular formula is C21H18O3S2. The van der Waals surface area contributed by atoms with Crippen LogP contribution >= 0.6 is 23.5 Å². The summed E-state index contributed by atoms with van der Waals surface area (Å²) in [5, 5.41) is 1.43. The summed E-state index contributed by atoms with van der Waals surface area (Å²) in [6.07, 6.45) is 2.78. The number of carbonyl (C=O) groups excluding carboxylic acids is 2. The average molecular weight is 383 g/mol. The molecule has 0 atom stereocenters. The van der Waals surface area contributed by atoms with Gasteiger partial charge in [0.1, 0.15) is 5.75 Å². The first kappa shape index (κ1) is 19.8. The number of benzene rings is 2. The summed E-state index contributed by atoms with van der Waals surface area (Å²) in [4.78, 5) is 23.6. The van der Waals surface area contributed by atoms with Crippen molar-refractivity contribution in [1.82, 2.24) is 0 Å². The number of rotatable bonds is 7. The molecule has 2 aromatic rings. The highest BCUT2D eigenvalue weighted by Gasteiger charge is 2.03. The lowest BCUT2D eigenvalue weighted by Crippen LogP contribution is -1.88. The molecule has 0 aliphatic carbocycles. The second-order valence-electron chi connectivity index (χ2n) is 5.25. The molecule has 0 fully saturated rings. The molecule has 0 N–H and O–H groups in total. The Hall–Kier alpha value is -2.50. The number of thioether (sulfide) groups is 2. The summed E-state index contributed by atoms with van der Waals surface area (Å²) in [5.74, 6) is 0.678. The Morgan fingerprint density at radius 1 is 1.00 bits per heavy atom. The first-order valence-electron chi connectivity index (χ1n) is 7.72. The van der Waals surface area contributed by atoms with Gasteiger partial charge in [0.25, 0.3) is 0 Å². The lowest BCUT2D eigenvalue weighted by molar-refractivity contribution is -0.108. The van der Waals surface area contributed by atoms with Crippen molar-refractivity contribution in [3.8, 4) is 16.9 Å². The fourth-order valence-electron chi connectivity index (χ4n) is 1.90. The topological polar surface area (TPSA) is 43.4 Å². The molecule has 0 aliphatic rings. The monoisotopic (exact) mass is 382 g/mol. The van der Waals surface area contributed by atoms with Gasteiger partial charge in [0.05, 0.1) is 6.26 Å². The van der Waals surface area contributed by atoms with Gasteiger partial charge in [0.2, 0.25) is 10.2 Å². The van der Waals surface area contributed by atoms with E-state index in [0.29, 0.717) is 11.3 Å². The highest BCUT2D eigenvalue weighted by molar-refractivity contribution is 8.16. The molecule has 2 rings (SSSR count). The van der Waals surface area contributed by atoms with Gasteiger partial charge in [0.15, 0.2) is 0 Å². The van der Waals surface area contributed by atoms with Crippen molar-refractivity contribution in [3.63, 3.8) is 0 Å². The van der Waals surface area contributed by atoms with Gasteiger partial charge >= 0.3 is 0 Å². The summed E-state index contributed by atoms with van der Waals surface area (Å²) in [5.41, 5.74) is 2.59. The number of carbonyl (C=O) groups is 2. The van der Waals surface area contributed by atoms with Crippen LogP contribution in [0, 0.1) is 0 Å². The van der Waals surface area contributed by atoms with Crippen molar-refractivity contribution < 1.29 is 14.3 Å². The van der Waals surface area contributed by atoms with E-state index >= 15 is 0 Å². The molecule has 5 heteroatoms. The van der Waals surface area contributed by atoms with E-state index in [1.165, 1.54) is 12.3 Å². The second kappa shape index (κ2) is 9.85. The van der Waals surface area contributed by atoms with Gasteiger partial charge in [-0.05, 0) is 65.7 Å². The Morgan fingerprint density at radius 3 is 2.12 bits per heavy atom. The quantitative estimate of drug-likeness (QED) is 0.342. The molecule has 132 valence electrons. The van der Waals surface area contributed by atoms with E-state index < -0.39 is 0 Å². The van der Waals surface area contributed by atoms with Gasteiger partial charge in [-0.3, -0.25) is 9.59 Å². The Labute approximate surface area is 161 Å². The molecule has 0 aliphatic heterocycles. The van der Waals surface area contributed by atoms with Crippen LogP contribution < -0.4 is 4.74 Å². The van der Waals surface area contributed by atoms with E-state index in [-0.39, 0.29) is 10.2 Å². The van der Waals surface area contributed by atoms with E-state index in [2.05, 4.69) is 13.2 Å². The van der Waals surface area contributed by atoms with Crippen LogP contribution in [0.1, 0.15) is 6.92 Å². The van der Waals surface area contributed by atoms with E-state index in [1.54, 1.807) is 12.3 Å². The van der Waals surface area contributed by atoms with Crippen molar-refractivity contribution >= 4 is 33.8 Å². The smallest absolute Gasteiger partial charge is 0.218 e. The van der Waals surface area contributed by atoms with E-state index in [9.17, 15) is 9.59 Å². The third-order valence-electron chi connectivity index (χ3n) is 3.21. The molecule has 0 spiro atoms. The van der Waals surface area contributed by atoms with Crippen molar-refractivity contribution in [3.05, 3.63) is 85.0 Å². The van der Waals surface area contributed by atoms with E-state index in [0.717, 1.165) is 39.5 Å². The largest absolute Gasteiger partial charge is 0.464 e.